The van der Waals surface area contributed by atoms with E-state index in [1.807, 2.05) is 18.2 Å². The average molecular weight is 289 g/mol. The monoisotopic (exact) mass is 289 g/mol. The molecule has 3 heteroatoms. The van der Waals surface area contributed by atoms with E-state index in [0.717, 1.165) is 0 Å². The van der Waals surface area contributed by atoms with Crippen molar-refractivity contribution in [1.82, 2.24) is 0 Å². The molecular formula is C19H15NO2. The Kier molecular flexibility index (Phi) is 3.62. The fourth-order valence-electron chi connectivity index (χ4n) is 2.49. The van der Waals surface area contributed by atoms with Crippen molar-refractivity contribution in [3.63, 3.8) is 0 Å². The molecule has 0 radical (unpaired) electrons. The van der Waals surface area contributed by atoms with Gasteiger partial charge in [-0.05, 0) is 12.1 Å². The SMILES string of the molecule is Nc1cccc(C(=O)c2ccccc2)c1-c1ccccc1O. The number of para-hydroxylation sites is 1. The van der Waals surface area contributed by atoms with Crippen molar-refractivity contribution in [2.75, 3.05) is 5.73 Å². The van der Waals surface area contributed by atoms with Crippen molar-refractivity contribution in [1.29, 1.82) is 0 Å². The number of carbonyl (C=O) groups is 1. The molecule has 0 heterocycles. The molecule has 0 bridgehead atoms. The van der Waals surface area contributed by atoms with Crippen molar-refractivity contribution < 1.29 is 9.90 Å². The normalized spacial score (nSPS) is 10.4. The second-order valence-corrected chi connectivity index (χ2v) is 4.98. The van der Waals surface area contributed by atoms with Crippen LogP contribution in [0.3, 0.4) is 0 Å². The second-order valence-electron chi connectivity index (χ2n) is 4.98. The molecule has 3 nitrogen and oxygen atoms in total. The topological polar surface area (TPSA) is 63.3 Å². The van der Waals surface area contributed by atoms with Crippen molar-refractivity contribution in [2.24, 2.45) is 0 Å². The molecule has 0 amide bonds. The third kappa shape index (κ3) is 2.44. The van der Waals surface area contributed by atoms with Crippen LogP contribution in [0, 0.1) is 0 Å². The predicted molar refractivity (Wildman–Crippen MR) is 87.8 cm³/mol. The van der Waals surface area contributed by atoms with Gasteiger partial charge in [0.2, 0.25) is 0 Å². The molecule has 108 valence electrons. The molecule has 0 aliphatic heterocycles. The van der Waals surface area contributed by atoms with Crippen LogP contribution in [0.2, 0.25) is 0 Å². The third-order valence-corrected chi connectivity index (χ3v) is 3.55. The van der Waals surface area contributed by atoms with Gasteiger partial charge in [0.05, 0.1) is 0 Å². The Morgan fingerprint density at radius 1 is 0.818 bits per heavy atom. The summed E-state index contributed by atoms with van der Waals surface area (Å²) in [6, 6.07) is 21.1. The summed E-state index contributed by atoms with van der Waals surface area (Å²) in [5.74, 6) is -0.0198. The number of anilines is 1. The first-order chi connectivity index (χ1) is 10.7. The smallest absolute Gasteiger partial charge is 0.193 e. The number of ketones is 1. The van der Waals surface area contributed by atoms with Gasteiger partial charge in [0.1, 0.15) is 5.75 Å². The maximum Gasteiger partial charge on any atom is 0.193 e. The van der Waals surface area contributed by atoms with Crippen LogP contribution < -0.4 is 5.73 Å². The zero-order chi connectivity index (χ0) is 15.5. The Hall–Kier alpha value is -3.07. The minimum absolute atomic E-state index is 0.0995. The summed E-state index contributed by atoms with van der Waals surface area (Å²) in [7, 11) is 0. The molecule has 3 N–H and O–H groups in total. The van der Waals surface area contributed by atoms with Crippen LogP contribution in [0.5, 0.6) is 5.75 Å². The van der Waals surface area contributed by atoms with E-state index >= 15 is 0 Å². The van der Waals surface area contributed by atoms with Gasteiger partial charge in [-0.25, -0.2) is 0 Å². The lowest BCUT2D eigenvalue weighted by Gasteiger charge is -2.13. The predicted octanol–water partition coefficient (Wildman–Crippen LogP) is 3.87. The number of nitrogen functional groups attached to an aromatic ring is 1. The van der Waals surface area contributed by atoms with Gasteiger partial charge in [0, 0.05) is 27.9 Å². The van der Waals surface area contributed by atoms with Gasteiger partial charge in [-0.15, -0.1) is 0 Å². The van der Waals surface area contributed by atoms with Crippen LogP contribution in [0.4, 0.5) is 5.69 Å². The zero-order valence-electron chi connectivity index (χ0n) is 11.9. The molecule has 3 rings (SSSR count). The lowest BCUT2D eigenvalue weighted by atomic mass is 9.92. The van der Waals surface area contributed by atoms with Crippen molar-refractivity contribution in [3.8, 4) is 16.9 Å². The molecule has 0 fully saturated rings. The van der Waals surface area contributed by atoms with Crippen LogP contribution >= 0.6 is 0 Å². The van der Waals surface area contributed by atoms with E-state index in [1.165, 1.54) is 0 Å². The van der Waals surface area contributed by atoms with Gasteiger partial charge in [0.25, 0.3) is 0 Å². The summed E-state index contributed by atoms with van der Waals surface area (Å²) >= 11 is 0. The summed E-state index contributed by atoms with van der Waals surface area (Å²) in [5.41, 5.74) is 8.72. The Bertz CT molecular complexity index is 826. The number of rotatable bonds is 3. The Morgan fingerprint density at radius 2 is 1.50 bits per heavy atom. The second kappa shape index (κ2) is 5.74. The van der Waals surface area contributed by atoms with E-state index in [4.69, 9.17) is 5.73 Å². The van der Waals surface area contributed by atoms with Crippen molar-refractivity contribution in [2.45, 2.75) is 0 Å². The first-order valence-corrected chi connectivity index (χ1v) is 6.95. The van der Waals surface area contributed by atoms with E-state index in [-0.39, 0.29) is 11.5 Å². The van der Waals surface area contributed by atoms with E-state index in [9.17, 15) is 9.90 Å². The van der Waals surface area contributed by atoms with Crippen LogP contribution in [-0.2, 0) is 0 Å². The fourth-order valence-corrected chi connectivity index (χ4v) is 2.49. The first-order valence-electron chi connectivity index (χ1n) is 6.95. The number of benzene rings is 3. The fraction of sp³-hybridized carbons (Fsp3) is 0. The molecule has 0 saturated carbocycles. The summed E-state index contributed by atoms with van der Waals surface area (Å²) in [4.78, 5) is 12.8. The Labute approximate surface area is 128 Å². The van der Waals surface area contributed by atoms with E-state index in [1.54, 1.807) is 54.6 Å². The molecule has 0 aromatic heterocycles. The lowest BCUT2D eigenvalue weighted by Crippen LogP contribution is -2.05. The third-order valence-electron chi connectivity index (χ3n) is 3.55. The minimum Gasteiger partial charge on any atom is -0.507 e. The molecule has 0 spiro atoms. The van der Waals surface area contributed by atoms with Crippen LogP contribution in [-0.4, -0.2) is 10.9 Å². The molecule has 0 atom stereocenters. The molecule has 0 saturated heterocycles. The highest BCUT2D eigenvalue weighted by Crippen LogP contribution is 2.36. The van der Waals surface area contributed by atoms with Gasteiger partial charge in [-0.1, -0.05) is 60.7 Å². The summed E-state index contributed by atoms with van der Waals surface area (Å²) in [6.45, 7) is 0. The maximum atomic E-state index is 12.8. The highest BCUT2D eigenvalue weighted by molar-refractivity contribution is 6.14. The molecule has 22 heavy (non-hydrogen) atoms. The van der Waals surface area contributed by atoms with Crippen molar-refractivity contribution >= 4 is 11.5 Å². The summed E-state index contributed by atoms with van der Waals surface area (Å²) in [5, 5.41) is 10.1. The molecular weight excluding hydrogens is 274 g/mol. The van der Waals surface area contributed by atoms with Crippen LogP contribution in [0.1, 0.15) is 15.9 Å². The number of hydrogen-bond donors (Lipinski definition) is 2. The number of phenols is 1. The lowest BCUT2D eigenvalue weighted by molar-refractivity contribution is 0.103. The number of aromatic hydroxyl groups is 1. The molecule has 0 unspecified atom stereocenters. The maximum absolute atomic E-state index is 12.8. The van der Waals surface area contributed by atoms with Gasteiger partial charge in [0.15, 0.2) is 5.78 Å². The number of hydrogen-bond acceptors (Lipinski definition) is 3. The van der Waals surface area contributed by atoms with Gasteiger partial charge in [-0.2, -0.15) is 0 Å². The van der Waals surface area contributed by atoms with Crippen LogP contribution in [0.15, 0.2) is 72.8 Å². The number of carbonyl (C=O) groups excluding carboxylic acids is 1. The highest BCUT2D eigenvalue weighted by atomic mass is 16.3. The quantitative estimate of drug-likeness (QED) is 0.568. The van der Waals surface area contributed by atoms with E-state index in [2.05, 4.69) is 0 Å². The van der Waals surface area contributed by atoms with Gasteiger partial charge < -0.3 is 10.8 Å². The zero-order valence-corrected chi connectivity index (χ0v) is 11.9. The summed E-state index contributed by atoms with van der Waals surface area (Å²) in [6.07, 6.45) is 0. The first kappa shape index (κ1) is 13.9. The number of nitrogens with two attached hydrogens (primary N) is 1. The Morgan fingerprint density at radius 3 is 2.23 bits per heavy atom. The van der Waals surface area contributed by atoms with E-state index < -0.39 is 0 Å². The molecule has 0 aliphatic rings. The van der Waals surface area contributed by atoms with Crippen LogP contribution in [0.25, 0.3) is 11.1 Å². The van der Waals surface area contributed by atoms with Gasteiger partial charge >= 0.3 is 0 Å². The number of phenolic OH excluding ortho intramolecular Hbond substituents is 1. The summed E-state index contributed by atoms with van der Waals surface area (Å²) < 4.78 is 0. The standard InChI is InChI=1S/C19H15NO2/c20-16-11-6-10-15(19(22)13-7-2-1-3-8-13)18(16)14-9-4-5-12-17(14)21/h1-12,21H,20H2. The average Bonchev–Trinajstić information content (AvgIpc) is 2.56. The van der Waals surface area contributed by atoms with Gasteiger partial charge in [-0.3, -0.25) is 4.79 Å². The van der Waals surface area contributed by atoms with Crippen molar-refractivity contribution in [3.05, 3.63) is 83.9 Å². The molecule has 3 aromatic carbocycles. The van der Waals surface area contributed by atoms with E-state index in [0.29, 0.717) is 27.9 Å². The minimum atomic E-state index is -0.119. The molecule has 0 aliphatic carbocycles. The molecule has 3 aromatic rings. The highest BCUT2D eigenvalue weighted by Gasteiger charge is 2.18. The largest absolute Gasteiger partial charge is 0.507 e. The Balaban J connectivity index is 2.20.